The molecule has 2 aromatic rings. The van der Waals surface area contributed by atoms with Crippen LogP contribution >= 0.6 is 0 Å². The molecular weight excluding hydrogens is 340 g/mol. The van der Waals surface area contributed by atoms with E-state index in [1.807, 2.05) is 6.92 Å². The number of likely N-dealkylation sites (N-methyl/N-ethyl adjacent to an activating group) is 2. The fraction of sp³-hybridized carbons (Fsp3) is 0.263. The SMILES string of the molecule is CCN(C(=O)CN(C)CC(=O)Nc1cccc(F)c1)c1ccc(F)cc1. The van der Waals surface area contributed by atoms with Crippen molar-refractivity contribution in [2.24, 2.45) is 0 Å². The molecule has 2 aromatic carbocycles. The van der Waals surface area contributed by atoms with Crippen molar-refractivity contribution in [1.29, 1.82) is 0 Å². The van der Waals surface area contributed by atoms with Gasteiger partial charge in [0.05, 0.1) is 13.1 Å². The summed E-state index contributed by atoms with van der Waals surface area (Å²) < 4.78 is 26.2. The van der Waals surface area contributed by atoms with E-state index in [9.17, 15) is 18.4 Å². The summed E-state index contributed by atoms with van der Waals surface area (Å²) in [5, 5.41) is 2.58. The molecule has 0 unspecified atom stereocenters. The van der Waals surface area contributed by atoms with Crippen LogP contribution in [0.25, 0.3) is 0 Å². The van der Waals surface area contributed by atoms with Crippen molar-refractivity contribution >= 4 is 23.2 Å². The maximum Gasteiger partial charge on any atom is 0.241 e. The second-order valence-electron chi connectivity index (χ2n) is 5.85. The fourth-order valence-electron chi connectivity index (χ4n) is 2.51. The minimum Gasteiger partial charge on any atom is -0.325 e. The number of nitrogens with zero attached hydrogens (tertiary/aromatic N) is 2. The summed E-state index contributed by atoms with van der Waals surface area (Å²) in [7, 11) is 1.64. The summed E-state index contributed by atoms with van der Waals surface area (Å²) in [5.41, 5.74) is 0.952. The van der Waals surface area contributed by atoms with Gasteiger partial charge >= 0.3 is 0 Å². The predicted octanol–water partition coefficient (Wildman–Crippen LogP) is 2.89. The number of benzene rings is 2. The van der Waals surface area contributed by atoms with Crippen molar-refractivity contribution in [3.8, 4) is 0 Å². The number of amides is 2. The molecule has 0 radical (unpaired) electrons. The third-order valence-corrected chi connectivity index (χ3v) is 3.68. The van der Waals surface area contributed by atoms with E-state index in [2.05, 4.69) is 5.32 Å². The molecule has 0 saturated carbocycles. The van der Waals surface area contributed by atoms with Crippen LogP contribution in [-0.4, -0.2) is 43.4 Å². The second kappa shape index (κ2) is 9.05. The Kier molecular flexibility index (Phi) is 6.80. The van der Waals surface area contributed by atoms with E-state index < -0.39 is 5.82 Å². The summed E-state index contributed by atoms with van der Waals surface area (Å²) in [6.07, 6.45) is 0. The van der Waals surface area contributed by atoms with Crippen LogP contribution in [0.15, 0.2) is 48.5 Å². The molecule has 0 aliphatic heterocycles. The Morgan fingerprint density at radius 1 is 1.00 bits per heavy atom. The maximum atomic E-state index is 13.1. The Hall–Kier alpha value is -2.80. The van der Waals surface area contributed by atoms with Crippen LogP contribution in [0.5, 0.6) is 0 Å². The number of anilines is 2. The maximum absolute atomic E-state index is 13.1. The Bertz CT molecular complexity index is 766. The van der Waals surface area contributed by atoms with Gasteiger partial charge in [-0.05, 0) is 56.4 Å². The van der Waals surface area contributed by atoms with Crippen molar-refractivity contribution < 1.29 is 18.4 Å². The van der Waals surface area contributed by atoms with Gasteiger partial charge in [0.1, 0.15) is 11.6 Å². The Morgan fingerprint density at radius 2 is 1.69 bits per heavy atom. The Balaban J connectivity index is 1.90. The highest BCUT2D eigenvalue weighted by molar-refractivity contribution is 5.96. The zero-order valence-corrected chi connectivity index (χ0v) is 14.7. The number of rotatable bonds is 7. The Morgan fingerprint density at radius 3 is 2.31 bits per heavy atom. The van der Waals surface area contributed by atoms with Gasteiger partial charge in [0, 0.05) is 17.9 Å². The zero-order valence-electron chi connectivity index (χ0n) is 14.7. The normalized spacial score (nSPS) is 10.7. The van der Waals surface area contributed by atoms with Crippen LogP contribution in [0, 0.1) is 11.6 Å². The van der Waals surface area contributed by atoms with E-state index in [-0.39, 0.29) is 30.7 Å². The third kappa shape index (κ3) is 5.63. The van der Waals surface area contributed by atoms with Crippen LogP contribution in [0.3, 0.4) is 0 Å². The number of hydrogen-bond donors (Lipinski definition) is 1. The molecule has 0 bridgehead atoms. The van der Waals surface area contributed by atoms with Gasteiger partial charge in [-0.25, -0.2) is 8.78 Å². The Labute approximate surface area is 151 Å². The number of carbonyl (C=O) groups is 2. The highest BCUT2D eigenvalue weighted by atomic mass is 19.1. The molecule has 7 heteroatoms. The lowest BCUT2D eigenvalue weighted by atomic mass is 10.2. The van der Waals surface area contributed by atoms with Gasteiger partial charge in [0.15, 0.2) is 0 Å². The quantitative estimate of drug-likeness (QED) is 0.825. The molecule has 2 rings (SSSR count). The van der Waals surface area contributed by atoms with E-state index in [4.69, 9.17) is 0 Å². The lowest BCUT2D eigenvalue weighted by Gasteiger charge is -2.24. The summed E-state index contributed by atoms with van der Waals surface area (Å²) >= 11 is 0. The van der Waals surface area contributed by atoms with E-state index in [0.717, 1.165) is 0 Å². The van der Waals surface area contributed by atoms with Crippen molar-refractivity contribution in [3.63, 3.8) is 0 Å². The minimum atomic E-state index is -0.441. The first-order chi connectivity index (χ1) is 12.4. The highest BCUT2D eigenvalue weighted by Crippen LogP contribution is 2.15. The van der Waals surface area contributed by atoms with Gasteiger partial charge in [0.2, 0.25) is 11.8 Å². The van der Waals surface area contributed by atoms with Crippen LogP contribution in [0.1, 0.15) is 6.92 Å². The standard InChI is InChI=1S/C19H21F2N3O2/c1-3-24(17-9-7-14(20)8-10-17)19(26)13-23(2)12-18(25)22-16-6-4-5-15(21)11-16/h4-11H,3,12-13H2,1-2H3,(H,22,25). The van der Waals surface area contributed by atoms with Gasteiger partial charge < -0.3 is 10.2 Å². The highest BCUT2D eigenvalue weighted by Gasteiger charge is 2.17. The van der Waals surface area contributed by atoms with Gasteiger partial charge in [-0.1, -0.05) is 6.07 Å². The first kappa shape index (κ1) is 19.5. The molecule has 1 N–H and O–H groups in total. The van der Waals surface area contributed by atoms with Crippen molar-refractivity contribution in [3.05, 3.63) is 60.2 Å². The van der Waals surface area contributed by atoms with Crippen LogP contribution < -0.4 is 10.2 Å². The van der Waals surface area contributed by atoms with Crippen molar-refractivity contribution in [2.45, 2.75) is 6.92 Å². The van der Waals surface area contributed by atoms with Gasteiger partial charge in [-0.3, -0.25) is 14.5 Å². The number of carbonyl (C=O) groups excluding carboxylic acids is 2. The molecule has 2 amide bonds. The van der Waals surface area contributed by atoms with E-state index in [0.29, 0.717) is 17.9 Å². The van der Waals surface area contributed by atoms with Gasteiger partial charge in [-0.15, -0.1) is 0 Å². The molecule has 0 aliphatic rings. The zero-order chi connectivity index (χ0) is 19.1. The van der Waals surface area contributed by atoms with Crippen LogP contribution in [-0.2, 0) is 9.59 Å². The lowest BCUT2D eigenvalue weighted by Crippen LogP contribution is -2.41. The monoisotopic (exact) mass is 361 g/mol. The predicted molar refractivity (Wildman–Crippen MR) is 97.0 cm³/mol. The summed E-state index contributed by atoms with van der Waals surface area (Å²) in [6, 6.07) is 11.2. The number of nitrogens with one attached hydrogen (secondary N) is 1. The number of hydrogen-bond acceptors (Lipinski definition) is 3. The topological polar surface area (TPSA) is 52.7 Å². The van der Waals surface area contributed by atoms with E-state index in [1.165, 1.54) is 47.4 Å². The molecule has 0 fully saturated rings. The van der Waals surface area contributed by atoms with Gasteiger partial charge in [0.25, 0.3) is 0 Å². The average molecular weight is 361 g/mol. The number of halogens is 2. The molecular formula is C19H21F2N3O2. The molecule has 0 spiro atoms. The first-order valence-electron chi connectivity index (χ1n) is 8.19. The third-order valence-electron chi connectivity index (χ3n) is 3.68. The van der Waals surface area contributed by atoms with Crippen molar-refractivity contribution in [1.82, 2.24) is 4.90 Å². The minimum absolute atomic E-state index is 0.0157. The van der Waals surface area contributed by atoms with E-state index in [1.54, 1.807) is 18.0 Å². The molecule has 0 aromatic heterocycles. The molecule has 0 saturated heterocycles. The van der Waals surface area contributed by atoms with Gasteiger partial charge in [-0.2, -0.15) is 0 Å². The smallest absolute Gasteiger partial charge is 0.241 e. The van der Waals surface area contributed by atoms with Crippen LogP contribution in [0.4, 0.5) is 20.2 Å². The molecule has 5 nitrogen and oxygen atoms in total. The molecule has 138 valence electrons. The fourth-order valence-corrected chi connectivity index (χ4v) is 2.51. The van der Waals surface area contributed by atoms with Crippen LogP contribution in [0.2, 0.25) is 0 Å². The molecule has 0 aliphatic carbocycles. The molecule has 0 heterocycles. The lowest BCUT2D eigenvalue weighted by molar-refractivity contribution is -0.121. The van der Waals surface area contributed by atoms with Crippen molar-refractivity contribution in [2.75, 3.05) is 36.9 Å². The molecule has 0 atom stereocenters. The molecule has 26 heavy (non-hydrogen) atoms. The average Bonchev–Trinajstić information content (AvgIpc) is 2.56. The van der Waals surface area contributed by atoms with E-state index >= 15 is 0 Å². The summed E-state index contributed by atoms with van der Waals surface area (Å²) in [5.74, 6) is -1.37. The second-order valence-corrected chi connectivity index (χ2v) is 5.85. The first-order valence-corrected chi connectivity index (χ1v) is 8.19. The largest absolute Gasteiger partial charge is 0.325 e. The summed E-state index contributed by atoms with van der Waals surface area (Å²) in [4.78, 5) is 27.6. The summed E-state index contributed by atoms with van der Waals surface area (Å²) in [6.45, 7) is 2.23.